The summed E-state index contributed by atoms with van der Waals surface area (Å²) in [6, 6.07) is 11.9. The van der Waals surface area contributed by atoms with E-state index >= 15 is 0 Å². The van der Waals surface area contributed by atoms with Gasteiger partial charge in [-0.15, -0.1) is 11.8 Å². The third kappa shape index (κ3) is 3.04. The Bertz CT molecular complexity index is 616. The zero-order valence-corrected chi connectivity index (χ0v) is 13.2. The first-order chi connectivity index (χ1) is 9.72. The van der Waals surface area contributed by atoms with Gasteiger partial charge in [0.25, 0.3) is 0 Å². The fourth-order valence-corrected chi connectivity index (χ4v) is 3.48. The number of anilines is 1. The number of nitrogen functional groups attached to an aromatic ring is 1. The van der Waals surface area contributed by atoms with Gasteiger partial charge >= 0.3 is 0 Å². The van der Waals surface area contributed by atoms with Gasteiger partial charge in [0, 0.05) is 20.8 Å². The molecule has 1 aliphatic heterocycles. The monoisotopic (exact) mass is 351 g/mol. The van der Waals surface area contributed by atoms with Crippen LogP contribution in [0.15, 0.2) is 45.8 Å². The molecule has 1 heterocycles. The maximum atomic E-state index is 5.69. The van der Waals surface area contributed by atoms with Crippen molar-refractivity contribution in [2.24, 2.45) is 0 Å². The van der Waals surface area contributed by atoms with Crippen LogP contribution in [0.25, 0.3) is 0 Å². The van der Waals surface area contributed by atoms with Crippen molar-refractivity contribution >= 4 is 33.4 Å². The average molecular weight is 352 g/mol. The van der Waals surface area contributed by atoms with Crippen molar-refractivity contribution in [1.29, 1.82) is 0 Å². The second kappa shape index (κ2) is 5.97. The van der Waals surface area contributed by atoms with E-state index in [9.17, 15) is 0 Å². The smallest absolute Gasteiger partial charge is 0.162 e. The molecule has 0 saturated carbocycles. The lowest BCUT2D eigenvalue weighted by molar-refractivity contribution is 0.171. The summed E-state index contributed by atoms with van der Waals surface area (Å²) < 4.78 is 12.2. The summed E-state index contributed by atoms with van der Waals surface area (Å²) in [5.74, 6) is 2.50. The quantitative estimate of drug-likeness (QED) is 0.667. The highest BCUT2D eigenvalue weighted by atomic mass is 79.9. The summed E-state index contributed by atoms with van der Waals surface area (Å²) in [6.45, 7) is 1.22. The molecule has 0 atom stereocenters. The minimum atomic E-state index is 0.610. The first-order valence-corrected chi connectivity index (χ1v) is 8.06. The van der Waals surface area contributed by atoms with E-state index < -0.39 is 0 Å². The van der Waals surface area contributed by atoms with Crippen molar-refractivity contribution in [3.63, 3.8) is 0 Å². The minimum Gasteiger partial charge on any atom is -0.486 e. The van der Waals surface area contributed by atoms with Crippen LogP contribution in [0.3, 0.4) is 0 Å². The normalized spacial score (nSPS) is 13.2. The van der Waals surface area contributed by atoms with Crippen LogP contribution in [0.2, 0.25) is 0 Å². The molecular weight excluding hydrogens is 338 g/mol. The molecule has 1 aliphatic rings. The first kappa shape index (κ1) is 13.6. The van der Waals surface area contributed by atoms with Gasteiger partial charge in [-0.2, -0.15) is 0 Å². The SMILES string of the molecule is Nc1ccc(SCc2cc3c(cc2Br)OCCO3)cc1. The second-order valence-corrected chi connectivity index (χ2v) is 6.35. The van der Waals surface area contributed by atoms with Crippen molar-refractivity contribution in [3.05, 3.63) is 46.4 Å². The van der Waals surface area contributed by atoms with E-state index in [1.54, 1.807) is 11.8 Å². The van der Waals surface area contributed by atoms with Crippen LogP contribution < -0.4 is 15.2 Å². The molecule has 0 bridgehead atoms. The van der Waals surface area contributed by atoms with Gasteiger partial charge in [0.2, 0.25) is 0 Å². The maximum absolute atomic E-state index is 5.69. The fraction of sp³-hybridized carbons (Fsp3) is 0.200. The zero-order chi connectivity index (χ0) is 13.9. The van der Waals surface area contributed by atoms with Crippen molar-refractivity contribution in [1.82, 2.24) is 0 Å². The summed E-state index contributed by atoms with van der Waals surface area (Å²) in [4.78, 5) is 1.20. The van der Waals surface area contributed by atoms with Crippen molar-refractivity contribution in [3.8, 4) is 11.5 Å². The highest BCUT2D eigenvalue weighted by Gasteiger charge is 2.14. The molecular formula is C15H14BrNO2S. The van der Waals surface area contributed by atoms with Crippen molar-refractivity contribution < 1.29 is 9.47 Å². The Morgan fingerprint density at radius 2 is 1.70 bits per heavy atom. The van der Waals surface area contributed by atoms with E-state index in [0.29, 0.717) is 13.2 Å². The van der Waals surface area contributed by atoms with Crippen LogP contribution in [-0.4, -0.2) is 13.2 Å². The molecule has 0 saturated heterocycles. The number of hydrogen-bond donors (Lipinski definition) is 1. The lowest BCUT2D eigenvalue weighted by Gasteiger charge is -2.19. The predicted octanol–water partition coefficient (Wildman–Crippen LogP) is 4.09. The molecule has 0 amide bonds. The van der Waals surface area contributed by atoms with E-state index in [2.05, 4.69) is 15.9 Å². The first-order valence-electron chi connectivity index (χ1n) is 6.29. The Balaban J connectivity index is 1.75. The maximum Gasteiger partial charge on any atom is 0.162 e. The van der Waals surface area contributed by atoms with E-state index in [4.69, 9.17) is 15.2 Å². The molecule has 2 aromatic carbocycles. The molecule has 0 aromatic heterocycles. The Labute approximate surface area is 130 Å². The number of fused-ring (bicyclic) bond motifs is 1. The van der Waals surface area contributed by atoms with Gasteiger partial charge < -0.3 is 15.2 Å². The van der Waals surface area contributed by atoms with Gasteiger partial charge in [-0.1, -0.05) is 15.9 Å². The average Bonchev–Trinajstić information content (AvgIpc) is 2.47. The molecule has 3 nitrogen and oxygen atoms in total. The number of hydrogen-bond acceptors (Lipinski definition) is 4. The fourth-order valence-electron chi connectivity index (χ4n) is 1.94. The zero-order valence-electron chi connectivity index (χ0n) is 10.8. The largest absolute Gasteiger partial charge is 0.486 e. The van der Waals surface area contributed by atoms with Crippen LogP contribution in [-0.2, 0) is 5.75 Å². The number of nitrogens with two attached hydrogens (primary N) is 1. The Hall–Kier alpha value is -1.33. The topological polar surface area (TPSA) is 44.5 Å². The Kier molecular flexibility index (Phi) is 4.08. The van der Waals surface area contributed by atoms with Crippen LogP contribution in [0.4, 0.5) is 5.69 Å². The van der Waals surface area contributed by atoms with Gasteiger partial charge in [0.05, 0.1) is 0 Å². The standard InChI is InChI=1S/C15H14BrNO2S/c16-13-8-15-14(18-5-6-19-15)7-10(13)9-20-12-3-1-11(17)2-4-12/h1-4,7-8H,5-6,9,17H2. The molecule has 2 N–H and O–H groups in total. The van der Waals surface area contributed by atoms with E-state index in [1.165, 1.54) is 10.5 Å². The van der Waals surface area contributed by atoms with Crippen LogP contribution in [0.1, 0.15) is 5.56 Å². The van der Waals surface area contributed by atoms with Gasteiger partial charge in [0.15, 0.2) is 11.5 Å². The molecule has 0 aliphatic carbocycles. The number of rotatable bonds is 3. The third-order valence-corrected chi connectivity index (χ3v) is 4.78. The van der Waals surface area contributed by atoms with E-state index in [1.807, 2.05) is 36.4 Å². The molecule has 0 unspecified atom stereocenters. The molecule has 20 heavy (non-hydrogen) atoms. The lowest BCUT2D eigenvalue weighted by Crippen LogP contribution is -2.15. The van der Waals surface area contributed by atoms with Crippen LogP contribution in [0, 0.1) is 0 Å². The molecule has 0 fully saturated rings. The van der Waals surface area contributed by atoms with Crippen LogP contribution >= 0.6 is 27.7 Å². The summed E-state index contributed by atoms with van der Waals surface area (Å²) in [5, 5.41) is 0. The Morgan fingerprint density at radius 3 is 2.40 bits per heavy atom. The summed E-state index contributed by atoms with van der Waals surface area (Å²) >= 11 is 5.36. The predicted molar refractivity (Wildman–Crippen MR) is 85.5 cm³/mol. The van der Waals surface area contributed by atoms with Crippen molar-refractivity contribution in [2.45, 2.75) is 10.6 Å². The number of halogens is 1. The minimum absolute atomic E-state index is 0.610. The molecule has 0 spiro atoms. The molecule has 0 radical (unpaired) electrons. The van der Waals surface area contributed by atoms with Gasteiger partial charge in [-0.3, -0.25) is 0 Å². The highest BCUT2D eigenvalue weighted by Crippen LogP contribution is 2.37. The molecule has 5 heteroatoms. The second-order valence-electron chi connectivity index (χ2n) is 4.44. The third-order valence-electron chi connectivity index (χ3n) is 2.99. The molecule has 2 aromatic rings. The molecule has 3 rings (SSSR count). The number of benzene rings is 2. The van der Waals surface area contributed by atoms with Crippen LogP contribution in [0.5, 0.6) is 11.5 Å². The van der Waals surface area contributed by atoms with Gasteiger partial charge in [0.1, 0.15) is 13.2 Å². The van der Waals surface area contributed by atoms with Gasteiger partial charge in [-0.05, 0) is 42.0 Å². The number of thioether (sulfide) groups is 1. The number of ether oxygens (including phenoxy) is 2. The molecule has 104 valence electrons. The lowest BCUT2D eigenvalue weighted by atomic mass is 10.2. The van der Waals surface area contributed by atoms with Crippen molar-refractivity contribution in [2.75, 3.05) is 18.9 Å². The van der Waals surface area contributed by atoms with Gasteiger partial charge in [-0.25, -0.2) is 0 Å². The highest BCUT2D eigenvalue weighted by molar-refractivity contribution is 9.10. The summed E-state index contributed by atoms with van der Waals surface area (Å²) in [7, 11) is 0. The van der Waals surface area contributed by atoms with E-state index in [-0.39, 0.29) is 0 Å². The van der Waals surface area contributed by atoms with E-state index in [0.717, 1.165) is 27.4 Å². The summed E-state index contributed by atoms with van der Waals surface area (Å²) in [6.07, 6.45) is 0. The Morgan fingerprint density at radius 1 is 1.05 bits per heavy atom. The summed E-state index contributed by atoms with van der Waals surface area (Å²) in [5.41, 5.74) is 7.66.